The summed E-state index contributed by atoms with van der Waals surface area (Å²) in [6.07, 6.45) is 0.953. The summed E-state index contributed by atoms with van der Waals surface area (Å²) in [5.41, 5.74) is 2.39. The highest BCUT2D eigenvalue weighted by Crippen LogP contribution is 2.25. The summed E-state index contributed by atoms with van der Waals surface area (Å²) in [6, 6.07) is 16.8. The number of benzene rings is 2. The fraction of sp³-hybridized carbons (Fsp3) is 0.273. The molecule has 0 bridgehead atoms. The van der Waals surface area contributed by atoms with Crippen LogP contribution in [0.3, 0.4) is 0 Å². The molecular weight excluding hydrogens is 388 g/mol. The van der Waals surface area contributed by atoms with Crippen molar-refractivity contribution >= 4 is 23.2 Å². The van der Waals surface area contributed by atoms with Gasteiger partial charge in [-0.15, -0.1) is 0 Å². The van der Waals surface area contributed by atoms with Gasteiger partial charge >= 0.3 is 0 Å². The summed E-state index contributed by atoms with van der Waals surface area (Å²) in [4.78, 5) is 14.9. The number of hydrogen-bond acceptors (Lipinski definition) is 4. The number of carbonyl (C=O) groups is 1. The summed E-state index contributed by atoms with van der Waals surface area (Å²) < 4.78 is 7.28. The monoisotopic (exact) mass is 412 g/mol. The van der Waals surface area contributed by atoms with E-state index in [1.54, 1.807) is 11.6 Å². The molecule has 0 atom stereocenters. The van der Waals surface area contributed by atoms with Crippen LogP contribution in [0.4, 0.5) is 5.69 Å². The van der Waals surface area contributed by atoms with Crippen molar-refractivity contribution < 1.29 is 9.53 Å². The van der Waals surface area contributed by atoms with Gasteiger partial charge in [-0.05, 0) is 63.8 Å². The Labute approximate surface area is 176 Å². The predicted molar refractivity (Wildman–Crippen MR) is 116 cm³/mol. The summed E-state index contributed by atoms with van der Waals surface area (Å²) in [7, 11) is 4.07. The average Bonchev–Trinajstić information content (AvgIpc) is 3.01. The third-order valence-corrected chi connectivity index (χ3v) is 4.71. The second-order valence-corrected chi connectivity index (χ2v) is 7.34. The van der Waals surface area contributed by atoms with Crippen molar-refractivity contribution in [3.8, 4) is 11.4 Å². The molecule has 3 aromatic rings. The molecular formula is C22H25ClN4O2. The zero-order valence-corrected chi connectivity index (χ0v) is 17.6. The van der Waals surface area contributed by atoms with Crippen LogP contribution < -0.4 is 10.1 Å². The number of nitrogens with one attached hydrogen (secondary N) is 1. The van der Waals surface area contributed by atoms with Crippen molar-refractivity contribution in [1.29, 1.82) is 0 Å². The number of ether oxygens (including phenoxy) is 1. The standard InChI is InChI=1S/C22H25ClN4O2/c1-16-20(21(23)27(25-16)18-8-5-4-6-9-18)22(28)24-17-10-12-19(13-11-17)29-15-7-14-26(2)3/h4-6,8-13H,7,14-15H2,1-3H3,(H,24,28). The predicted octanol–water partition coefficient (Wildman–Crippen LogP) is 4.42. The van der Waals surface area contributed by atoms with Crippen LogP contribution in [-0.4, -0.2) is 47.8 Å². The number of anilines is 1. The first kappa shape index (κ1) is 20.9. The number of carbonyl (C=O) groups excluding carboxylic acids is 1. The molecule has 0 unspecified atom stereocenters. The van der Waals surface area contributed by atoms with Crippen LogP contribution in [0.25, 0.3) is 5.69 Å². The van der Waals surface area contributed by atoms with Gasteiger partial charge in [-0.3, -0.25) is 4.79 Å². The van der Waals surface area contributed by atoms with Crippen LogP contribution in [0.2, 0.25) is 5.15 Å². The van der Waals surface area contributed by atoms with E-state index in [0.717, 1.165) is 24.4 Å². The molecule has 0 aliphatic heterocycles. The Morgan fingerprint density at radius 1 is 1.14 bits per heavy atom. The lowest BCUT2D eigenvalue weighted by atomic mass is 10.2. The summed E-state index contributed by atoms with van der Waals surface area (Å²) in [5.74, 6) is 0.474. The minimum Gasteiger partial charge on any atom is -0.494 e. The lowest BCUT2D eigenvalue weighted by Gasteiger charge is -2.11. The molecule has 0 aliphatic rings. The van der Waals surface area contributed by atoms with Gasteiger partial charge in [-0.2, -0.15) is 5.10 Å². The lowest BCUT2D eigenvalue weighted by molar-refractivity contribution is 0.102. The highest BCUT2D eigenvalue weighted by atomic mass is 35.5. The number of hydrogen-bond donors (Lipinski definition) is 1. The highest BCUT2D eigenvalue weighted by Gasteiger charge is 2.21. The Kier molecular flexibility index (Phi) is 6.90. The van der Waals surface area contributed by atoms with E-state index in [0.29, 0.717) is 23.6 Å². The van der Waals surface area contributed by atoms with Crippen LogP contribution in [0.5, 0.6) is 5.75 Å². The van der Waals surface area contributed by atoms with E-state index in [1.807, 2.05) is 68.7 Å². The number of rotatable bonds is 8. The molecule has 0 saturated carbocycles. The van der Waals surface area contributed by atoms with Crippen molar-refractivity contribution in [2.75, 3.05) is 32.6 Å². The summed E-state index contributed by atoms with van der Waals surface area (Å²) >= 11 is 6.46. The van der Waals surface area contributed by atoms with Crippen LogP contribution in [-0.2, 0) is 0 Å². The largest absolute Gasteiger partial charge is 0.494 e. The fourth-order valence-electron chi connectivity index (χ4n) is 2.90. The first-order chi connectivity index (χ1) is 14.0. The number of halogens is 1. The van der Waals surface area contributed by atoms with E-state index in [9.17, 15) is 4.79 Å². The maximum absolute atomic E-state index is 12.8. The third kappa shape index (κ3) is 5.37. The van der Waals surface area contributed by atoms with E-state index >= 15 is 0 Å². The minimum atomic E-state index is -0.297. The number of nitrogens with zero attached hydrogens (tertiary/aromatic N) is 3. The SMILES string of the molecule is Cc1nn(-c2ccccc2)c(Cl)c1C(=O)Nc1ccc(OCCCN(C)C)cc1. The molecule has 1 aromatic heterocycles. The summed E-state index contributed by atoms with van der Waals surface area (Å²) in [6.45, 7) is 3.40. The molecule has 0 saturated heterocycles. The molecule has 1 N–H and O–H groups in total. The highest BCUT2D eigenvalue weighted by molar-refractivity contribution is 6.34. The molecule has 2 aromatic carbocycles. The van der Waals surface area contributed by atoms with Gasteiger partial charge in [0.05, 0.1) is 18.0 Å². The van der Waals surface area contributed by atoms with E-state index in [-0.39, 0.29) is 11.1 Å². The maximum atomic E-state index is 12.8. The van der Waals surface area contributed by atoms with Gasteiger partial charge in [0, 0.05) is 12.2 Å². The van der Waals surface area contributed by atoms with E-state index < -0.39 is 0 Å². The molecule has 1 amide bonds. The molecule has 7 heteroatoms. The molecule has 0 spiro atoms. The topological polar surface area (TPSA) is 59.4 Å². The first-order valence-corrected chi connectivity index (χ1v) is 9.83. The van der Waals surface area contributed by atoms with Crippen molar-refractivity contribution in [2.24, 2.45) is 0 Å². The fourth-order valence-corrected chi connectivity index (χ4v) is 3.25. The Morgan fingerprint density at radius 3 is 2.48 bits per heavy atom. The molecule has 152 valence electrons. The quantitative estimate of drug-likeness (QED) is 0.556. The van der Waals surface area contributed by atoms with E-state index in [2.05, 4.69) is 15.3 Å². The van der Waals surface area contributed by atoms with Crippen molar-refractivity contribution in [3.05, 3.63) is 71.0 Å². The maximum Gasteiger partial charge on any atom is 0.260 e. The van der Waals surface area contributed by atoms with Gasteiger partial charge in [0.2, 0.25) is 0 Å². The van der Waals surface area contributed by atoms with Crippen LogP contribution >= 0.6 is 11.6 Å². The van der Waals surface area contributed by atoms with Gasteiger partial charge in [0.25, 0.3) is 5.91 Å². The summed E-state index contributed by atoms with van der Waals surface area (Å²) in [5, 5.41) is 7.57. The van der Waals surface area contributed by atoms with Gasteiger partial charge in [-0.1, -0.05) is 29.8 Å². The average molecular weight is 413 g/mol. The number of aryl methyl sites for hydroxylation is 1. The molecule has 0 aliphatic carbocycles. The Bertz CT molecular complexity index is 953. The zero-order chi connectivity index (χ0) is 20.8. The minimum absolute atomic E-state index is 0.284. The molecule has 0 radical (unpaired) electrons. The Morgan fingerprint density at radius 2 is 1.83 bits per heavy atom. The van der Waals surface area contributed by atoms with Crippen LogP contribution in [0.1, 0.15) is 22.5 Å². The molecule has 6 nitrogen and oxygen atoms in total. The second kappa shape index (κ2) is 9.58. The molecule has 0 fully saturated rings. The number of aromatic nitrogens is 2. The first-order valence-electron chi connectivity index (χ1n) is 9.45. The molecule has 29 heavy (non-hydrogen) atoms. The van der Waals surface area contributed by atoms with Crippen LogP contribution in [0, 0.1) is 6.92 Å². The van der Waals surface area contributed by atoms with Gasteiger partial charge < -0.3 is 15.0 Å². The van der Waals surface area contributed by atoms with Gasteiger partial charge in [0.1, 0.15) is 16.5 Å². The third-order valence-electron chi connectivity index (χ3n) is 4.36. The van der Waals surface area contributed by atoms with Crippen LogP contribution in [0.15, 0.2) is 54.6 Å². The second-order valence-electron chi connectivity index (χ2n) is 6.98. The lowest BCUT2D eigenvalue weighted by Crippen LogP contribution is -2.15. The zero-order valence-electron chi connectivity index (χ0n) is 16.9. The van der Waals surface area contributed by atoms with E-state index in [4.69, 9.17) is 16.3 Å². The van der Waals surface area contributed by atoms with E-state index in [1.165, 1.54) is 0 Å². The van der Waals surface area contributed by atoms with Crippen molar-refractivity contribution in [3.63, 3.8) is 0 Å². The molecule has 1 heterocycles. The number of para-hydroxylation sites is 1. The normalized spacial score (nSPS) is 10.9. The number of amides is 1. The van der Waals surface area contributed by atoms with Crippen molar-refractivity contribution in [1.82, 2.24) is 14.7 Å². The molecule has 3 rings (SSSR count). The Balaban J connectivity index is 1.65. The van der Waals surface area contributed by atoms with Gasteiger partial charge in [0.15, 0.2) is 0 Å². The van der Waals surface area contributed by atoms with Gasteiger partial charge in [-0.25, -0.2) is 4.68 Å². The smallest absolute Gasteiger partial charge is 0.260 e. The van der Waals surface area contributed by atoms with Crippen molar-refractivity contribution in [2.45, 2.75) is 13.3 Å². The Hall–Kier alpha value is -2.83.